The number of urea groups is 1. The second kappa shape index (κ2) is 1.74. The zero-order chi connectivity index (χ0) is 6.85. The molecule has 0 aromatic rings. The van der Waals surface area contributed by atoms with Crippen LogP contribution < -0.4 is 5.32 Å². The van der Waals surface area contributed by atoms with E-state index in [4.69, 9.17) is 5.26 Å². The SMILES string of the molecule is N#CN1CC(=O)NC1=O. The molecule has 0 spiro atoms. The van der Waals surface area contributed by atoms with Gasteiger partial charge in [-0.15, -0.1) is 0 Å². The van der Waals surface area contributed by atoms with Crippen LogP contribution in [0, 0.1) is 11.5 Å². The Bertz CT molecular complexity index is 204. The van der Waals surface area contributed by atoms with E-state index in [9.17, 15) is 9.59 Å². The summed E-state index contributed by atoms with van der Waals surface area (Å²) in [6.45, 7) is -0.144. The number of hydrogen-bond donors (Lipinski definition) is 1. The number of nitriles is 1. The van der Waals surface area contributed by atoms with Crippen LogP contribution in [0.1, 0.15) is 0 Å². The van der Waals surface area contributed by atoms with E-state index in [1.165, 1.54) is 0 Å². The Morgan fingerprint density at radius 3 is 2.56 bits per heavy atom. The minimum atomic E-state index is -0.637. The molecule has 0 bridgehead atoms. The molecule has 0 unspecified atom stereocenters. The fraction of sp³-hybridized carbons (Fsp3) is 0.250. The molecule has 0 aromatic carbocycles. The summed E-state index contributed by atoms with van der Waals surface area (Å²) in [6, 6.07) is -0.637. The predicted molar refractivity (Wildman–Crippen MR) is 25.9 cm³/mol. The molecular weight excluding hydrogens is 122 g/mol. The largest absolute Gasteiger partial charge is 0.337 e. The summed E-state index contributed by atoms with van der Waals surface area (Å²) in [5, 5.41) is 10.1. The van der Waals surface area contributed by atoms with Gasteiger partial charge < -0.3 is 0 Å². The van der Waals surface area contributed by atoms with E-state index < -0.39 is 11.9 Å². The smallest absolute Gasteiger partial charge is 0.275 e. The Kier molecular flexibility index (Phi) is 1.08. The van der Waals surface area contributed by atoms with Crippen molar-refractivity contribution in [3.63, 3.8) is 0 Å². The Hall–Kier alpha value is -1.57. The van der Waals surface area contributed by atoms with E-state index in [1.807, 2.05) is 5.32 Å². The van der Waals surface area contributed by atoms with Crippen LogP contribution in [-0.4, -0.2) is 23.4 Å². The molecule has 1 heterocycles. The van der Waals surface area contributed by atoms with E-state index in [2.05, 4.69) is 0 Å². The third-order valence-electron chi connectivity index (χ3n) is 0.914. The van der Waals surface area contributed by atoms with Gasteiger partial charge in [0.25, 0.3) is 0 Å². The summed E-state index contributed by atoms with van der Waals surface area (Å²) in [6.07, 6.45) is 1.54. The number of carbonyl (C=O) groups is 2. The van der Waals surface area contributed by atoms with Crippen molar-refractivity contribution in [1.82, 2.24) is 10.2 Å². The van der Waals surface area contributed by atoms with Gasteiger partial charge >= 0.3 is 6.03 Å². The fourth-order valence-corrected chi connectivity index (χ4v) is 0.522. The molecule has 1 saturated heterocycles. The first-order chi connectivity index (χ1) is 4.24. The van der Waals surface area contributed by atoms with E-state index >= 15 is 0 Å². The zero-order valence-electron chi connectivity index (χ0n) is 4.42. The average molecular weight is 125 g/mol. The van der Waals surface area contributed by atoms with Crippen molar-refractivity contribution in [3.8, 4) is 6.19 Å². The van der Waals surface area contributed by atoms with E-state index in [-0.39, 0.29) is 6.54 Å². The fourth-order valence-electron chi connectivity index (χ4n) is 0.522. The molecule has 0 saturated carbocycles. The maximum atomic E-state index is 10.4. The van der Waals surface area contributed by atoms with Crippen LogP contribution in [0.4, 0.5) is 4.79 Å². The minimum Gasteiger partial charge on any atom is -0.275 e. The number of carbonyl (C=O) groups excluding carboxylic acids is 2. The van der Waals surface area contributed by atoms with Gasteiger partial charge in [-0.1, -0.05) is 0 Å². The van der Waals surface area contributed by atoms with Gasteiger partial charge in [0.1, 0.15) is 6.54 Å². The second-order valence-corrected chi connectivity index (χ2v) is 1.54. The Balaban J connectivity index is 2.72. The molecule has 3 amide bonds. The Morgan fingerprint density at radius 1 is 1.67 bits per heavy atom. The molecule has 46 valence electrons. The highest BCUT2D eigenvalue weighted by atomic mass is 16.2. The normalized spacial score (nSPS) is 17.4. The first kappa shape index (κ1) is 5.56. The van der Waals surface area contributed by atoms with Crippen LogP contribution in [-0.2, 0) is 4.79 Å². The van der Waals surface area contributed by atoms with Gasteiger partial charge in [-0.25, -0.2) is 9.69 Å². The van der Waals surface area contributed by atoms with Crippen LogP contribution >= 0.6 is 0 Å². The quantitative estimate of drug-likeness (QED) is 0.334. The third-order valence-corrected chi connectivity index (χ3v) is 0.914. The van der Waals surface area contributed by atoms with Crippen molar-refractivity contribution in [2.45, 2.75) is 0 Å². The van der Waals surface area contributed by atoms with E-state index in [0.29, 0.717) is 0 Å². The molecule has 1 rings (SSSR count). The van der Waals surface area contributed by atoms with Gasteiger partial charge in [0.2, 0.25) is 5.91 Å². The molecule has 0 aromatic heterocycles. The lowest BCUT2D eigenvalue weighted by Crippen LogP contribution is -2.23. The lowest BCUT2D eigenvalue weighted by molar-refractivity contribution is -0.118. The molecule has 5 nitrogen and oxygen atoms in total. The van der Waals surface area contributed by atoms with Gasteiger partial charge in [0.15, 0.2) is 6.19 Å². The van der Waals surface area contributed by atoms with Crippen molar-refractivity contribution < 1.29 is 9.59 Å². The lowest BCUT2D eigenvalue weighted by Gasteiger charge is -1.94. The molecule has 5 heteroatoms. The number of imide groups is 1. The maximum absolute atomic E-state index is 10.4. The van der Waals surface area contributed by atoms with E-state index in [0.717, 1.165) is 4.90 Å². The van der Waals surface area contributed by atoms with Gasteiger partial charge in [0.05, 0.1) is 0 Å². The molecule has 9 heavy (non-hydrogen) atoms. The van der Waals surface area contributed by atoms with Crippen molar-refractivity contribution in [2.75, 3.05) is 6.54 Å². The highest BCUT2D eigenvalue weighted by Crippen LogP contribution is 1.93. The first-order valence-electron chi connectivity index (χ1n) is 2.25. The summed E-state index contributed by atoms with van der Waals surface area (Å²) < 4.78 is 0. The molecule has 1 N–H and O–H groups in total. The number of amides is 3. The lowest BCUT2D eigenvalue weighted by atomic mass is 10.6. The second-order valence-electron chi connectivity index (χ2n) is 1.54. The monoisotopic (exact) mass is 125 g/mol. The van der Waals surface area contributed by atoms with Gasteiger partial charge in [-0.2, -0.15) is 5.26 Å². The zero-order valence-corrected chi connectivity index (χ0v) is 4.42. The van der Waals surface area contributed by atoms with Gasteiger partial charge in [-0.05, 0) is 0 Å². The average Bonchev–Trinajstić information content (AvgIpc) is 2.10. The topological polar surface area (TPSA) is 73.2 Å². The molecule has 1 fully saturated rings. The highest BCUT2D eigenvalue weighted by Gasteiger charge is 2.25. The molecule has 1 aliphatic heterocycles. The first-order valence-corrected chi connectivity index (χ1v) is 2.25. The third kappa shape index (κ3) is 0.817. The van der Waals surface area contributed by atoms with Crippen LogP contribution in [0.5, 0.6) is 0 Å². The van der Waals surface area contributed by atoms with Crippen molar-refractivity contribution in [3.05, 3.63) is 0 Å². The molecule has 1 aliphatic rings. The Morgan fingerprint density at radius 2 is 2.33 bits per heavy atom. The van der Waals surface area contributed by atoms with Crippen LogP contribution in [0.15, 0.2) is 0 Å². The van der Waals surface area contributed by atoms with Crippen molar-refractivity contribution in [2.24, 2.45) is 0 Å². The molecule has 0 aliphatic carbocycles. The number of hydrogen-bond acceptors (Lipinski definition) is 3. The maximum Gasteiger partial charge on any atom is 0.337 e. The summed E-state index contributed by atoms with van der Waals surface area (Å²) in [5.41, 5.74) is 0. The molecule has 0 radical (unpaired) electrons. The summed E-state index contributed by atoms with van der Waals surface area (Å²) >= 11 is 0. The molecule has 0 atom stereocenters. The van der Waals surface area contributed by atoms with Gasteiger partial charge in [-0.3, -0.25) is 10.1 Å². The van der Waals surface area contributed by atoms with E-state index in [1.54, 1.807) is 6.19 Å². The minimum absolute atomic E-state index is 0.144. The van der Waals surface area contributed by atoms with Crippen molar-refractivity contribution >= 4 is 11.9 Å². The Labute approximate surface area is 50.9 Å². The highest BCUT2D eigenvalue weighted by molar-refractivity contribution is 6.02. The number of nitrogens with one attached hydrogen (secondary N) is 1. The number of rotatable bonds is 0. The van der Waals surface area contributed by atoms with Gasteiger partial charge in [0, 0.05) is 0 Å². The van der Waals surface area contributed by atoms with Crippen LogP contribution in [0.2, 0.25) is 0 Å². The van der Waals surface area contributed by atoms with Crippen molar-refractivity contribution in [1.29, 1.82) is 5.26 Å². The molecular formula is C4H3N3O2. The predicted octanol–water partition coefficient (Wildman–Crippen LogP) is -0.981. The standard InChI is InChI=1S/C4H3N3O2/c5-2-7-1-3(8)6-4(7)9/h1H2,(H,6,8,9). The van der Waals surface area contributed by atoms with Crippen LogP contribution in [0.3, 0.4) is 0 Å². The number of nitrogens with zero attached hydrogens (tertiary/aromatic N) is 2. The summed E-state index contributed by atoms with van der Waals surface area (Å²) in [5.74, 6) is -0.429. The summed E-state index contributed by atoms with van der Waals surface area (Å²) in [4.78, 5) is 21.4. The van der Waals surface area contributed by atoms with Crippen LogP contribution in [0.25, 0.3) is 0 Å². The summed E-state index contributed by atoms with van der Waals surface area (Å²) in [7, 11) is 0.